The summed E-state index contributed by atoms with van der Waals surface area (Å²) in [7, 11) is -4.16. The van der Waals surface area contributed by atoms with Gasteiger partial charge in [-0.25, -0.2) is 8.42 Å². The van der Waals surface area contributed by atoms with E-state index >= 15 is 0 Å². The van der Waals surface area contributed by atoms with Gasteiger partial charge in [0.25, 0.3) is 5.69 Å². The highest BCUT2D eigenvalue weighted by Crippen LogP contribution is 2.32. The summed E-state index contributed by atoms with van der Waals surface area (Å²) in [5, 5.41) is 21.4. The molecule has 3 aromatic carbocycles. The van der Waals surface area contributed by atoms with Crippen molar-refractivity contribution < 1.29 is 27.7 Å². The first-order valence-electron chi connectivity index (χ1n) is 9.14. The van der Waals surface area contributed by atoms with Gasteiger partial charge in [-0.15, -0.1) is 0 Å². The van der Waals surface area contributed by atoms with E-state index in [4.69, 9.17) is 4.42 Å². The molecule has 10 heteroatoms. The number of aliphatic carboxylic acids is 1. The van der Waals surface area contributed by atoms with Crippen LogP contribution in [0.25, 0.3) is 21.9 Å². The average Bonchev–Trinajstić information content (AvgIpc) is 3.11. The molecule has 31 heavy (non-hydrogen) atoms. The van der Waals surface area contributed by atoms with Gasteiger partial charge in [-0.3, -0.25) is 14.9 Å². The van der Waals surface area contributed by atoms with Gasteiger partial charge < -0.3 is 9.52 Å². The average molecular weight is 440 g/mol. The molecule has 1 aromatic heterocycles. The van der Waals surface area contributed by atoms with Gasteiger partial charge in [-0.1, -0.05) is 30.3 Å². The summed E-state index contributed by atoms with van der Waals surface area (Å²) in [6.07, 6.45) is -0.0179. The maximum Gasteiger partial charge on any atom is 0.322 e. The highest BCUT2D eigenvalue weighted by atomic mass is 32.2. The van der Waals surface area contributed by atoms with Crippen molar-refractivity contribution in [2.75, 3.05) is 0 Å². The number of carboxylic acid groups (broad SMARTS) is 1. The van der Waals surface area contributed by atoms with Gasteiger partial charge in [-0.05, 0) is 36.2 Å². The molecule has 1 atom stereocenters. The monoisotopic (exact) mass is 440 g/mol. The van der Waals surface area contributed by atoms with Gasteiger partial charge >= 0.3 is 5.97 Å². The number of carbonyl (C=O) groups is 1. The van der Waals surface area contributed by atoms with Crippen LogP contribution in [0, 0.1) is 10.1 Å². The third-order valence-corrected chi connectivity index (χ3v) is 6.29. The lowest BCUT2D eigenvalue weighted by molar-refractivity contribution is -0.384. The van der Waals surface area contributed by atoms with Crippen LogP contribution in [0.15, 0.2) is 76.0 Å². The fourth-order valence-electron chi connectivity index (χ4n) is 3.31. The number of hydrogen-bond acceptors (Lipinski definition) is 6. The predicted octanol–water partition coefficient (Wildman–Crippen LogP) is 3.47. The van der Waals surface area contributed by atoms with E-state index < -0.39 is 27.0 Å². The van der Waals surface area contributed by atoms with E-state index in [1.807, 2.05) is 0 Å². The molecule has 0 radical (unpaired) electrons. The summed E-state index contributed by atoms with van der Waals surface area (Å²) >= 11 is 0. The smallest absolute Gasteiger partial charge is 0.322 e. The number of rotatable bonds is 7. The van der Waals surface area contributed by atoms with Crippen LogP contribution in [-0.4, -0.2) is 30.5 Å². The maximum absolute atomic E-state index is 12.9. The van der Waals surface area contributed by atoms with Crippen LogP contribution in [0.3, 0.4) is 0 Å². The van der Waals surface area contributed by atoms with E-state index in [0.717, 1.165) is 0 Å². The van der Waals surface area contributed by atoms with Crippen LogP contribution in [0.4, 0.5) is 5.69 Å². The van der Waals surface area contributed by atoms with Gasteiger partial charge in [0.15, 0.2) is 0 Å². The molecule has 0 bridgehead atoms. The molecule has 0 amide bonds. The minimum absolute atomic E-state index is 0.0179. The lowest BCUT2D eigenvalue weighted by Gasteiger charge is -2.15. The van der Waals surface area contributed by atoms with Gasteiger partial charge in [0.2, 0.25) is 10.0 Å². The number of nitro groups is 1. The Hall–Kier alpha value is -3.76. The van der Waals surface area contributed by atoms with Crippen molar-refractivity contribution in [2.24, 2.45) is 0 Å². The van der Waals surface area contributed by atoms with Crippen molar-refractivity contribution >= 4 is 43.6 Å². The molecule has 0 aliphatic carbocycles. The van der Waals surface area contributed by atoms with Crippen LogP contribution >= 0.6 is 0 Å². The van der Waals surface area contributed by atoms with Crippen LogP contribution in [0.2, 0.25) is 0 Å². The third-order valence-electron chi connectivity index (χ3n) is 4.83. The molecule has 2 N–H and O–H groups in total. The van der Waals surface area contributed by atoms with E-state index in [1.54, 1.807) is 30.3 Å². The number of hydrogen-bond donors (Lipinski definition) is 2. The summed E-state index contributed by atoms with van der Waals surface area (Å²) in [6, 6.07) is 15.5. The zero-order valence-electron chi connectivity index (χ0n) is 15.9. The van der Waals surface area contributed by atoms with Crippen molar-refractivity contribution in [1.29, 1.82) is 0 Å². The number of furan rings is 1. The van der Waals surface area contributed by atoms with E-state index in [9.17, 15) is 28.4 Å². The Morgan fingerprint density at radius 2 is 1.77 bits per heavy atom. The molecule has 4 rings (SSSR count). The van der Waals surface area contributed by atoms with Gasteiger partial charge in [0.1, 0.15) is 17.2 Å². The topological polar surface area (TPSA) is 140 Å². The summed E-state index contributed by atoms with van der Waals surface area (Å²) in [6.45, 7) is 0. The zero-order valence-corrected chi connectivity index (χ0v) is 16.7. The lowest BCUT2D eigenvalue weighted by atomic mass is 10.1. The summed E-state index contributed by atoms with van der Waals surface area (Å²) in [5.41, 5.74) is 1.13. The molecule has 0 aliphatic rings. The molecule has 0 saturated heterocycles. The molecular weight excluding hydrogens is 424 g/mol. The molecular formula is C21H16N2O7S. The van der Waals surface area contributed by atoms with Crippen molar-refractivity contribution in [3.63, 3.8) is 0 Å². The number of carboxylic acids is 1. The number of benzene rings is 3. The zero-order chi connectivity index (χ0) is 22.2. The second-order valence-electron chi connectivity index (χ2n) is 6.90. The Morgan fingerprint density at radius 1 is 1.03 bits per heavy atom. The molecule has 1 heterocycles. The number of nitrogens with one attached hydrogen (secondary N) is 1. The Kier molecular flexibility index (Phi) is 5.17. The second-order valence-corrected chi connectivity index (χ2v) is 8.61. The van der Waals surface area contributed by atoms with Crippen molar-refractivity contribution in [2.45, 2.75) is 17.4 Å². The van der Waals surface area contributed by atoms with E-state index in [2.05, 4.69) is 4.72 Å². The molecule has 9 nitrogen and oxygen atoms in total. The predicted molar refractivity (Wildman–Crippen MR) is 112 cm³/mol. The van der Waals surface area contributed by atoms with Crippen LogP contribution < -0.4 is 4.72 Å². The molecule has 4 aromatic rings. The third kappa shape index (κ3) is 4.11. The largest absolute Gasteiger partial charge is 0.480 e. The highest BCUT2D eigenvalue weighted by molar-refractivity contribution is 7.89. The standard InChI is InChI=1S/C21H16N2O7S/c24-21(25)18(10-13-4-2-1-3-5-13)22-31(28,29)15-7-9-19-17(12-15)16-8-6-14(23(26)27)11-20(16)30-19/h1-9,11-12,18,22H,10H2,(H,24,25). The summed E-state index contributed by atoms with van der Waals surface area (Å²) in [5.74, 6) is -1.30. The summed E-state index contributed by atoms with van der Waals surface area (Å²) < 4.78 is 33.6. The highest BCUT2D eigenvalue weighted by Gasteiger charge is 2.26. The SMILES string of the molecule is O=C(O)C(Cc1ccccc1)NS(=O)(=O)c1ccc2oc3cc([N+](=O)[O-])ccc3c2c1. The second kappa shape index (κ2) is 7.82. The number of nitro benzene ring substituents is 1. The van der Waals surface area contributed by atoms with Crippen molar-refractivity contribution in [3.8, 4) is 0 Å². The van der Waals surface area contributed by atoms with E-state index in [0.29, 0.717) is 21.9 Å². The Bertz CT molecular complexity index is 1410. The minimum Gasteiger partial charge on any atom is -0.480 e. The summed E-state index contributed by atoms with van der Waals surface area (Å²) in [4.78, 5) is 21.9. The molecule has 0 fully saturated rings. The van der Waals surface area contributed by atoms with Crippen LogP contribution in [0.1, 0.15) is 5.56 Å². The molecule has 0 saturated carbocycles. The Morgan fingerprint density at radius 3 is 2.45 bits per heavy atom. The minimum atomic E-state index is -4.16. The van der Waals surface area contributed by atoms with Crippen molar-refractivity contribution in [1.82, 2.24) is 4.72 Å². The van der Waals surface area contributed by atoms with E-state index in [1.165, 1.54) is 36.4 Å². The first kappa shape index (κ1) is 20.5. The molecule has 0 spiro atoms. The Balaban J connectivity index is 1.69. The number of non-ortho nitro benzene ring substituents is 1. The van der Waals surface area contributed by atoms with Gasteiger partial charge in [0, 0.05) is 16.8 Å². The Labute approximate surface area is 176 Å². The molecule has 158 valence electrons. The first-order chi connectivity index (χ1) is 14.7. The molecule has 1 unspecified atom stereocenters. The maximum atomic E-state index is 12.9. The van der Waals surface area contributed by atoms with Gasteiger partial charge in [0.05, 0.1) is 15.9 Å². The number of nitrogens with zero attached hydrogens (tertiary/aromatic N) is 1. The number of sulfonamides is 1. The quantitative estimate of drug-likeness (QED) is 0.331. The number of fused-ring (bicyclic) bond motifs is 3. The van der Waals surface area contributed by atoms with E-state index in [-0.39, 0.29) is 22.6 Å². The normalized spacial score (nSPS) is 12.8. The van der Waals surface area contributed by atoms with Crippen molar-refractivity contribution in [3.05, 3.63) is 82.4 Å². The van der Waals surface area contributed by atoms with Crippen LogP contribution in [-0.2, 0) is 21.2 Å². The van der Waals surface area contributed by atoms with Gasteiger partial charge in [-0.2, -0.15) is 4.72 Å². The fraction of sp³-hybridized carbons (Fsp3) is 0.0952. The lowest BCUT2D eigenvalue weighted by Crippen LogP contribution is -2.42. The fourth-order valence-corrected chi connectivity index (χ4v) is 4.53. The first-order valence-corrected chi connectivity index (χ1v) is 10.6. The van der Waals surface area contributed by atoms with Crippen LogP contribution in [0.5, 0.6) is 0 Å². The molecule has 0 aliphatic heterocycles.